The number of hydrogen-bond acceptors (Lipinski definition) is 2. The van der Waals surface area contributed by atoms with Gasteiger partial charge < -0.3 is 4.74 Å². The topological polar surface area (TPSA) is 9.23 Å². The highest BCUT2D eigenvalue weighted by Gasteiger charge is 2.05. The standard InChI is InChI=1S/C14H12BrFOS/c1-17-13-4-2-3-5-14(13)18-9-10-6-7-11(16)8-12(10)15/h2-8H,9H2,1H3. The Kier molecular flexibility index (Phi) is 4.66. The summed E-state index contributed by atoms with van der Waals surface area (Å²) in [7, 11) is 1.66. The van der Waals surface area contributed by atoms with Gasteiger partial charge in [0.2, 0.25) is 0 Å². The van der Waals surface area contributed by atoms with E-state index in [-0.39, 0.29) is 5.82 Å². The molecule has 0 amide bonds. The van der Waals surface area contributed by atoms with Crippen LogP contribution >= 0.6 is 27.7 Å². The third-order valence-electron chi connectivity index (χ3n) is 2.47. The predicted molar refractivity (Wildman–Crippen MR) is 76.7 cm³/mol. The molecule has 2 aromatic rings. The van der Waals surface area contributed by atoms with Gasteiger partial charge in [0.25, 0.3) is 0 Å². The Morgan fingerprint density at radius 2 is 2.00 bits per heavy atom. The van der Waals surface area contributed by atoms with Crippen LogP contribution in [0.25, 0.3) is 0 Å². The minimum Gasteiger partial charge on any atom is -0.496 e. The molecule has 0 N–H and O–H groups in total. The second-order valence-corrected chi connectivity index (χ2v) is 5.55. The van der Waals surface area contributed by atoms with Crippen molar-refractivity contribution in [1.29, 1.82) is 0 Å². The van der Waals surface area contributed by atoms with Gasteiger partial charge in [0.15, 0.2) is 0 Å². The predicted octanol–water partition coefficient (Wildman–Crippen LogP) is 4.89. The third kappa shape index (κ3) is 3.27. The highest BCUT2D eigenvalue weighted by molar-refractivity contribution is 9.10. The average Bonchev–Trinajstić information content (AvgIpc) is 2.38. The lowest BCUT2D eigenvalue weighted by molar-refractivity contribution is 0.405. The van der Waals surface area contributed by atoms with Crippen molar-refractivity contribution < 1.29 is 9.13 Å². The van der Waals surface area contributed by atoms with Crippen LogP contribution in [0.5, 0.6) is 5.75 Å². The van der Waals surface area contributed by atoms with Crippen LogP contribution in [-0.4, -0.2) is 7.11 Å². The monoisotopic (exact) mass is 326 g/mol. The Morgan fingerprint density at radius 3 is 2.72 bits per heavy atom. The first kappa shape index (κ1) is 13.4. The summed E-state index contributed by atoms with van der Waals surface area (Å²) in [5.41, 5.74) is 1.06. The van der Waals surface area contributed by atoms with Gasteiger partial charge in [-0.1, -0.05) is 34.1 Å². The number of rotatable bonds is 4. The lowest BCUT2D eigenvalue weighted by Gasteiger charge is -2.08. The third-order valence-corrected chi connectivity index (χ3v) is 4.31. The van der Waals surface area contributed by atoms with Gasteiger partial charge in [-0.15, -0.1) is 11.8 Å². The summed E-state index contributed by atoms with van der Waals surface area (Å²) >= 11 is 5.04. The molecule has 0 radical (unpaired) electrons. The summed E-state index contributed by atoms with van der Waals surface area (Å²) in [5.74, 6) is 1.40. The Balaban J connectivity index is 2.11. The Morgan fingerprint density at radius 1 is 1.22 bits per heavy atom. The molecule has 0 aliphatic rings. The fourth-order valence-electron chi connectivity index (χ4n) is 1.53. The van der Waals surface area contributed by atoms with Gasteiger partial charge in [-0.05, 0) is 29.8 Å². The van der Waals surface area contributed by atoms with Crippen LogP contribution in [-0.2, 0) is 5.75 Å². The van der Waals surface area contributed by atoms with Gasteiger partial charge in [0.05, 0.1) is 7.11 Å². The van der Waals surface area contributed by atoms with Crippen LogP contribution in [0.15, 0.2) is 51.8 Å². The summed E-state index contributed by atoms with van der Waals surface area (Å²) in [6, 6.07) is 12.6. The van der Waals surface area contributed by atoms with Crippen molar-refractivity contribution in [2.45, 2.75) is 10.6 Å². The lowest BCUT2D eigenvalue weighted by atomic mass is 10.2. The smallest absolute Gasteiger partial charge is 0.132 e. The van der Waals surface area contributed by atoms with Crippen molar-refractivity contribution in [1.82, 2.24) is 0 Å². The van der Waals surface area contributed by atoms with E-state index in [1.165, 1.54) is 12.1 Å². The van der Waals surface area contributed by atoms with Crippen molar-refractivity contribution in [3.8, 4) is 5.75 Å². The summed E-state index contributed by atoms with van der Waals surface area (Å²) in [4.78, 5) is 1.08. The van der Waals surface area contributed by atoms with Crippen molar-refractivity contribution in [2.24, 2.45) is 0 Å². The number of benzene rings is 2. The molecular weight excluding hydrogens is 315 g/mol. The molecule has 2 rings (SSSR count). The van der Waals surface area contributed by atoms with Crippen molar-refractivity contribution >= 4 is 27.7 Å². The molecule has 0 saturated heterocycles. The molecule has 94 valence electrons. The maximum absolute atomic E-state index is 13.0. The zero-order valence-corrected chi connectivity index (χ0v) is 12.2. The lowest BCUT2D eigenvalue weighted by Crippen LogP contribution is -1.88. The van der Waals surface area contributed by atoms with Gasteiger partial charge in [-0.25, -0.2) is 4.39 Å². The molecule has 0 atom stereocenters. The largest absolute Gasteiger partial charge is 0.496 e. The van der Waals surface area contributed by atoms with Crippen LogP contribution in [0.2, 0.25) is 0 Å². The van der Waals surface area contributed by atoms with E-state index in [4.69, 9.17) is 4.74 Å². The van der Waals surface area contributed by atoms with E-state index in [2.05, 4.69) is 15.9 Å². The molecule has 0 heterocycles. The molecule has 0 fully saturated rings. The van der Waals surface area contributed by atoms with Crippen LogP contribution in [0.4, 0.5) is 4.39 Å². The Labute approximate surface area is 118 Å². The number of ether oxygens (including phenoxy) is 1. The van der Waals surface area contributed by atoms with E-state index in [9.17, 15) is 4.39 Å². The zero-order chi connectivity index (χ0) is 13.0. The maximum atomic E-state index is 13.0. The number of methoxy groups -OCH3 is 1. The molecule has 0 unspecified atom stereocenters. The Bertz CT molecular complexity index is 545. The second-order valence-electron chi connectivity index (χ2n) is 3.68. The fraction of sp³-hybridized carbons (Fsp3) is 0.143. The minimum atomic E-state index is -0.229. The first-order valence-corrected chi connectivity index (χ1v) is 7.18. The average molecular weight is 327 g/mol. The van der Waals surface area contributed by atoms with Crippen LogP contribution in [0, 0.1) is 5.82 Å². The molecule has 2 aromatic carbocycles. The molecule has 0 aliphatic carbocycles. The first-order chi connectivity index (χ1) is 8.70. The van der Waals surface area contributed by atoms with E-state index < -0.39 is 0 Å². The summed E-state index contributed by atoms with van der Waals surface area (Å²) in [6.45, 7) is 0. The van der Waals surface area contributed by atoms with Gasteiger partial charge in [0, 0.05) is 15.1 Å². The van der Waals surface area contributed by atoms with E-state index >= 15 is 0 Å². The number of para-hydroxylation sites is 1. The van der Waals surface area contributed by atoms with Crippen molar-refractivity contribution in [3.05, 3.63) is 58.3 Å². The van der Waals surface area contributed by atoms with Crippen LogP contribution in [0.3, 0.4) is 0 Å². The summed E-state index contributed by atoms with van der Waals surface area (Å²) in [5, 5.41) is 0. The summed E-state index contributed by atoms with van der Waals surface area (Å²) < 4.78 is 19.1. The molecule has 0 aliphatic heterocycles. The highest BCUT2D eigenvalue weighted by atomic mass is 79.9. The van der Waals surface area contributed by atoms with Gasteiger partial charge in [0.1, 0.15) is 11.6 Å². The molecule has 0 spiro atoms. The van der Waals surface area contributed by atoms with Crippen molar-refractivity contribution in [2.75, 3.05) is 7.11 Å². The molecule has 0 saturated carbocycles. The number of thioether (sulfide) groups is 1. The quantitative estimate of drug-likeness (QED) is 0.740. The Hall–Kier alpha value is -1.00. The molecule has 1 nitrogen and oxygen atoms in total. The second kappa shape index (κ2) is 6.25. The summed E-state index contributed by atoms with van der Waals surface area (Å²) in [6.07, 6.45) is 0. The van der Waals surface area contributed by atoms with E-state index in [1.54, 1.807) is 24.9 Å². The fourth-order valence-corrected chi connectivity index (χ4v) is 3.24. The van der Waals surface area contributed by atoms with Gasteiger partial charge >= 0.3 is 0 Å². The highest BCUT2D eigenvalue weighted by Crippen LogP contribution is 2.33. The van der Waals surface area contributed by atoms with Crippen molar-refractivity contribution in [3.63, 3.8) is 0 Å². The molecule has 0 aromatic heterocycles. The minimum absolute atomic E-state index is 0.229. The number of halogens is 2. The van der Waals surface area contributed by atoms with E-state index in [1.807, 2.05) is 24.3 Å². The van der Waals surface area contributed by atoms with E-state index in [0.717, 1.165) is 26.4 Å². The van der Waals surface area contributed by atoms with Crippen LogP contribution < -0.4 is 4.74 Å². The maximum Gasteiger partial charge on any atom is 0.132 e. The van der Waals surface area contributed by atoms with Gasteiger partial charge in [-0.3, -0.25) is 0 Å². The molecule has 0 bridgehead atoms. The first-order valence-electron chi connectivity index (χ1n) is 5.40. The van der Waals surface area contributed by atoms with Gasteiger partial charge in [-0.2, -0.15) is 0 Å². The zero-order valence-electron chi connectivity index (χ0n) is 9.82. The van der Waals surface area contributed by atoms with E-state index in [0.29, 0.717) is 0 Å². The normalized spacial score (nSPS) is 10.4. The number of hydrogen-bond donors (Lipinski definition) is 0. The van der Waals surface area contributed by atoms with Crippen LogP contribution in [0.1, 0.15) is 5.56 Å². The molecule has 4 heteroatoms. The molecular formula is C14H12BrFOS. The SMILES string of the molecule is COc1ccccc1SCc1ccc(F)cc1Br. The molecule has 18 heavy (non-hydrogen) atoms.